The van der Waals surface area contributed by atoms with Gasteiger partial charge in [-0.05, 0) is 53.1 Å². The predicted octanol–water partition coefficient (Wildman–Crippen LogP) is 4.16. The molecule has 2 saturated carbocycles. The first-order chi connectivity index (χ1) is 10.6. The molecule has 128 valence electrons. The molecular formula is C20H30O3. The number of hydrogen-bond donors (Lipinski definition) is 0. The summed E-state index contributed by atoms with van der Waals surface area (Å²) in [5.74, 6) is 1.48. The molecule has 3 heteroatoms. The molecule has 0 spiro atoms. The molecule has 3 aliphatic rings. The molecule has 3 rings (SSSR count). The van der Waals surface area contributed by atoms with Crippen LogP contribution >= 0.6 is 0 Å². The van der Waals surface area contributed by atoms with Gasteiger partial charge in [0.1, 0.15) is 6.10 Å². The summed E-state index contributed by atoms with van der Waals surface area (Å²) in [7, 11) is 0. The Bertz CT molecular complexity index is 571. The van der Waals surface area contributed by atoms with Crippen molar-refractivity contribution in [3.63, 3.8) is 0 Å². The van der Waals surface area contributed by atoms with E-state index < -0.39 is 0 Å². The number of carbonyl (C=O) groups excluding carboxylic acids is 2. The van der Waals surface area contributed by atoms with Gasteiger partial charge >= 0.3 is 5.97 Å². The molecule has 0 aromatic rings. The van der Waals surface area contributed by atoms with Crippen LogP contribution in [0.15, 0.2) is 11.6 Å². The van der Waals surface area contributed by atoms with Crippen molar-refractivity contribution in [3.8, 4) is 0 Å². The summed E-state index contributed by atoms with van der Waals surface area (Å²) in [4.78, 5) is 24.7. The highest BCUT2D eigenvalue weighted by molar-refractivity contribution is 5.97. The minimum atomic E-state index is -0.205. The lowest BCUT2D eigenvalue weighted by Crippen LogP contribution is -2.45. The molecule has 0 N–H and O–H groups in total. The van der Waals surface area contributed by atoms with Crippen LogP contribution in [0.2, 0.25) is 0 Å². The molecule has 0 radical (unpaired) electrons. The van der Waals surface area contributed by atoms with Gasteiger partial charge in [0.05, 0.1) is 0 Å². The topological polar surface area (TPSA) is 43.4 Å². The molecule has 0 aromatic heterocycles. The lowest BCUT2D eigenvalue weighted by atomic mass is 9.58. The van der Waals surface area contributed by atoms with E-state index in [-0.39, 0.29) is 34.6 Å². The third kappa shape index (κ3) is 2.38. The van der Waals surface area contributed by atoms with Crippen molar-refractivity contribution in [2.75, 3.05) is 0 Å². The van der Waals surface area contributed by atoms with Gasteiger partial charge in [0, 0.05) is 12.3 Å². The quantitative estimate of drug-likeness (QED) is 0.734. The number of ether oxygens (including phenoxy) is 1. The van der Waals surface area contributed by atoms with E-state index >= 15 is 0 Å². The van der Waals surface area contributed by atoms with Crippen molar-refractivity contribution in [1.29, 1.82) is 0 Å². The largest absolute Gasteiger partial charge is 0.458 e. The van der Waals surface area contributed by atoms with Crippen LogP contribution in [0.4, 0.5) is 0 Å². The van der Waals surface area contributed by atoms with E-state index in [0.29, 0.717) is 24.2 Å². The molecule has 23 heavy (non-hydrogen) atoms. The third-order valence-corrected chi connectivity index (χ3v) is 6.78. The first kappa shape index (κ1) is 16.7. The van der Waals surface area contributed by atoms with Crippen LogP contribution in [0.3, 0.4) is 0 Å². The number of rotatable bonds is 3. The monoisotopic (exact) mass is 318 g/mol. The highest BCUT2D eigenvalue weighted by Crippen LogP contribution is 2.73. The van der Waals surface area contributed by atoms with Crippen LogP contribution in [0.25, 0.3) is 0 Å². The van der Waals surface area contributed by atoms with Gasteiger partial charge in [-0.15, -0.1) is 0 Å². The van der Waals surface area contributed by atoms with Gasteiger partial charge in [0.15, 0.2) is 5.78 Å². The number of hydrogen-bond acceptors (Lipinski definition) is 3. The molecule has 0 aliphatic heterocycles. The number of carbonyl (C=O) groups is 2. The van der Waals surface area contributed by atoms with Crippen molar-refractivity contribution in [1.82, 2.24) is 0 Å². The van der Waals surface area contributed by atoms with E-state index in [2.05, 4.69) is 27.7 Å². The highest BCUT2D eigenvalue weighted by atomic mass is 16.5. The molecular weight excluding hydrogens is 288 g/mol. The van der Waals surface area contributed by atoms with E-state index in [1.807, 2.05) is 19.9 Å². The maximum Gasteiger partial charge on any atom is 0.306 e. The summed E-state index contributed by atoms with van der Waals surface area (Å²) >= 11 is 0. The Kier molecular flexibility index (Phi) is 3.77. The number of allylic oxidation sites excluding steroid dienone is 1. The van der Waals surface area contributed by atoms with Crippen LogP contribution in [0.5, 0.6) is 0 Å². The van der Waals surface area contributed by atoms with Gasteiger partial charge in [-0.3, -0.25) is 9.59 Å². The fraction of sp³-hybridized carbons (Fsp3) is 0.800. The van der Waals surface area contributed by atoms with Crippen molar-refractivity contribution in [2.45, 2.75) is 66.9 Å². The van der Waals surface area contributed by atoms with Gasteiger partial charge in [0.2, 0.25) is 0 Å². The Morgan fingerprint density at radius 1 is 1.30 bits per heavy atom. The fourth-order valence-corrected chi connectivity index (χ4v) is 5.42. The number of fused-ring (bicyclic) bond motifs is 3. The summed E-state index contributed by atoms with van der Waals surface area (Å²) in [6.07, 6.45) is 3.97. The SMILES string of the molecule is CC(C)CC(=O)O[C@@H]1CC[C@@H](C)[C@]2(C)C1=CC(=O)[C@@H]1[C@H]2C1(C)C. The zero-order chi connectivity index (χ0) is 17.2. The van der Waals surface area contributed by atoms with Gasteiger partial charge in [-0.25, -0.2) is 0 Å². The Balaban J connectivity index is 1.89. The molecule has 0 bridgehead atoms. The molecule has 2 fully saturated rings. The van der Waals surface area contributed by atoms with Crippen LogP contribution in [-0.2, 0) is 14.3 Å². The second-order valence-corrected chi connectivity index (χ2v) is 9.12. The zero-order valence-electron chi connectivity index (χ0n) is 15.3. The third-order valence-electron chi connectivity index (χ3n) is 6.78. The standard InChI is InChI=1S/C20H30O3/c1-11(2)9-16(22)23-15-8-7-12(3)20(6)13(15)10-14(21)17-18(20)19(17,4)5/h10-12,15,17-18H,7-9H2,1-6H3/t12-,15-,17-,18+,20-/m1/s1. The first-order valence-corrected chi connectivity index (χ1v) is 9.05. The van der Waals surface area contributed by atoms with Crippen LogP contribution in [0.1, 0.15) is 60.8 Å². The molecule has 0 aromatic carbocycles. The Hall–Kier alpha value is -1.12. The zero-order valence-corrected chi connectivity index (χ0v) is 15.3. The van der Waals surface area contributed by atoms with E-state index in [4.69, 9.17) is 4.74 Å². The second kappa shape index (κ2) is 5.19. The minimum Gasteiger partial charge on any atom is -0.458 e. The van der Waals surface area contributed by atoms with Crippen molar-refractivity contribution in [3.05, 3.63) is 11.6 Å². The average molecular weight is 318 g/mol. The van der Waals surface area contributed by atoms with Crippen molar-refractivity contribution in [2.24, 2.45) is 34.5 Å². The van der Waals surface area contributed by atoms with Crippen molar-refractivity contribution < 1.29 is 14.3 Å². The summed E-state index contributed by atoms with van der Waals surface area (Å²) in [5, 5.41) is 0. The highest BCUT2D eigenvalue weighted by Gasteiger charge is 2.72. The predicted molar refractivity (Wildman–Crippen MR) is 89.7 cm³/mol. The van der Waals surface area contributed by atoms with E-state index in [1.54, 1.807) is 0 Å². The molecule has 0 unspecified atom stereocenters. The van der Waals surface area contributed by atoms with E-state index in [1.165, 1.54) is 0 Å². The smallest absolute Gasteiger partial charge is 0.306 e. The van der Waals surface area contributed by atoms with Gasteiger partial charge in [-0.1, -0.05) is 41.5 Å². The van der Waals surface area contributed by atoms with E-state index in [0.717, 1.165) is 18.4 Å². The summed E-state index contributed by atoms with van der Waals surface area (Å²) in [6, 6.07) is 0. The van der Waals surface area contributed by atoms with Crippen LogP contribution in [0, 0.1) is 34.5 Å². The maximum absolute atomic E-state index is 12.5. The second-order valence-electron chi connectivity index (χ2n) is 9.12. The lowest BCUT2D eigenvalue weighted by molar-refractivity contribution is -0.151. The molecule has 3 aliphatic carbocycles. The maximum atomic E-state index is 12.5. The average Bonchev–Trinajstić information content (AvgIpc) is 3.01. The summed E-state index contributed by atoms with van der Waals surface area (Å²) in [6.45, 7) is 13.1. The van der Waals surface area contributed by atoms with Gasteiger partial charge in [0.25, 0.3) is 0 Å². The van der Waals surface area contributed by atoms with Gasteiger partial charge in [-0.2, -0.15) is 0 Å². The summed E-state index contributed by atoms with van der Waals surface area (Å²) in [5.41, 5.74) is 1.15. The number of ketones is 1. The molecule has 0 amide bonds. The molecule has 3 nitrogen and oxygen atoms in total. The fourth-order valence-electron chi connectivity index (χ4n) is 5.42. The lowest BCUT2D eigenvalue weighted by Gasteiger charge is -2.48. The Labute approximate surface area is 139 Å². The normalized spacial score (nSPS) is 41.0. The first-order valence-electron chi connectivity index (χ1n) is 9.05. The van der Waals surface area contributed by atoms with Gasteiger partial charge < -0.3 is 4.74 Å². The van der Waals surface area contributed by atoms with Crippen molar-refractivity contribution >= 4 is 11.8 Å². The minimum absolute atomic E-state index is 0.0108. The Morgan fingerprint density at radius 3 is 2.57 bits per heavy atom. The summed E-state index contributed by atoms with van der Waals surface area (Å²) < 4.78 is 5.81. The van der Waals surface area contributed by atoms with Crippen LogP contribution < -0.4 is 0 Å². The van der Waals surface area contributed by atoms with E-state index in [9.17, 15) is 9.59 Å². The van der Waals surface area contributed by atoms with Crippen LogP contribution in [-0.4, -0.2) is 17.9 Å². The molecule has 0 heterocycles. The Morgan fingerprint density at radius 2 is 1.96 bits per heavy atom. The molecule has 0 saturated heterocycles. The molecule has 5 atom stereocenters. The number of esters is 1.